The van der Waals surface area contributed by atoms with Crippen LogP contribution in [0, 0.1) is 20.8 Å². The van der Waals surface area contributed by atoms with E-state index in [1.165, 1.54) is 11.3 Å². The molecule has 2 nitrogen and oxygen atoms in total. The molecule has 0 fully saturated rings. The molecule has 0 radical (unpaired) electrons. The second-order valence-corrected chi connectivity index (χ2v) is 4.28. The molecular weight excluding hydrogens is 220 g/mol. The quantitative estimate of drug-likeness (QED) is 0.727. The van der Waals surface area contributed by atoms with Crippen LogP contribution >= 0.6 is 11.6 Å². The number of benzene rings is 1. The Labute approximate surface area is 101 Å². The second kappa shape index (κ2) is 4.30. The molecule has 0 saturated carbocycles. The number of rotatable bonds is 2. The Kier molecular flexibility index (Phi) is 3.01. The molecule has 0 amide bonds. The molecule has 0 bridgehead atoms. The molecule has 2 rings (SSSR count). The van der Waals surface area contributed by atoms with Gasteiger partial charge in [0.2, 0.25) is 0 Å². The van der Waals surface area contributed by atoms with Crippen LogP contribution < -0.4 is 0 Å². The standard InChI is InChI=1S/C13H15ClN2/c1-9-10(2)15-16(11(9)3)13-6-4-5-12(7-13)8-14/h4-7H,8H2,1-3H3. The molecule has 84 valence electrons. The zero-order valence-corrected chi connectivity index (χ0v) is 10.5. The summed E-state index contributed by atoms with van der Waals surface area (Å²) in [6.07, 6.45) is 0. The van der Waals surface area contributed by atoms with Gasteiger partial charge >= 0.3 is 0 Å². The molecule has 0 aliphatic carbocycles. The summed E-state index contributed by atoms with van der Waals surface area (Å²) in [5, 5.41) is 4.53. The van der Waals surface area contributed by atoms with Crippen LogP contribution in [-0.4, -0.2) is 9.78 Å². The van der Waals surface area contributed by atoms with Crippen molar-refractivity contribution in [2.75, 3.05) is 0 Å². The predicted octanol–water partition coefficient (Wildman–Crippen LogP) is 3.54. The Morgan fingerprint density at radius 3 is 2.56 bits per heavy atom. The number of halogens is 1. The maximum absolute atomic E-state index is 5.83. The van der Waals surface area contributed by atoms with Crippen LogP contribution in [0.3, 0.4) is 0 Å². The Bertz CT molecular complexity index is 515. The van der Waals surface area contributed by atoms with Gasteiger partial charge in [0.05, 0.1) is 11.4 Å². The summed E-state index contributed by atoms with van der Waals surface area (Å²) in [6, 6.07) is 8.16. The highest BCUT2D eigenvalue weighted by molar-refractivity contribution is 6.17. The highest BCUT2D eigenvalue weighted by Gasteiger charge is 2.08. The maximum atomic E-state index is 5.83. The molecule has 0 saturated heterocycles. The Morgan fingerprint density at radius 2 is 2.00 bits per heavy atom. The first-order valence-electron chi connectivity index (χ1n) is 5.31. The summed E-state index contributed by atoms with van der Waals surface area (Å²) >= 11 is 5.83. The summed E-state index contributed by atoms with van der Waals surface area (Å²) in [5.41, 5.74) is 5.70. The van der Waals surface area contributed by atoms with E-state index in [0.29, 0.717) is 5.88 Å². The third-order valence-electron chi connectivity index (χ3n) is 2.96. The van der Waals surface area contributed by atoms with E-state index in [2.05, 4.69) is 31.1 Å². The van der Waals surface area contributed by atoms with Gasteiger partial charge in [0, 0.05) is 11.6 Å². The highest BCUT2D eigenvalue weighted by atomic mass is 35.5. The third-order valence-corrected chi connectivity index (χ3v) is 3.27. The van der Waals surface area contributed by atoms with Gasteiger partial charge in [-0.25, -0.2) is 4.68 Å². The molecule has 1 aromatic heterocycles. The number of hydrogen-bond acceptors (Lipinski definition) is 1. The lowest BCUT2D eigenvalue weighted by molar-refractivity contribution is 0.832. The minimum Gasteiger partial charge on any atom is -0.238 e. The molecule has 0 atom stereocenters. The normalized spacial score (nSPS) is 10.8. The molecule has 1 heterocycles. The highest BCUT2D eigenvalue weighted by Crippen LogP contribution is 2.18. The van der Waals surface area contributed by atoms with E-state index >= 15 is 0 Å². The van der Waals surface area contributed by atoms with Gasteiger partial charge in [-0.15, -0.1) is 11.6 Å². The zero-order valence-electron chi connectivity index (χ0n) is 9.79. The number of nitrogens with zero attached hydrogens (tertiary/aromatic N) is 2. The minimum absolute atomic E-state index is 0.534. The van der Waals surface area contributed by atoms with Crippen LogP contribution in [0.15, 0.2) is 24.3 Å². The van der Waals surface area contributed by atoms with Crippen LogP contribution in [0.1, 0.15) is 22.5 Å². The molecule has 16 heavy (non-hydrogen) atoms. The van der Waals surface area contributed by atoms with Crippen LogP contribution in [0.5, 0.6) is 0 Å². The van der Waals surface area contributed by atoms with Gasteiger partial charge in [-0.1, -0.05) is 12.1 Å². The van der Waals surface area contributed by atoms with Gasteiger partial charge in [-0.2, -0.15) is 5.10 Å². The van der Waals surface area contributed by atoms with E-state index in [4.69, 9.17) is 11.6 Å². The molecule has 0 unspecified atom stereocenters. The van der Waals surface area contributed by atoms with Crippen LogP contribution in [0.4, 0.5) is 0 Å². The first-order chi connectivity index (χ1) is 7.63. The monoisotopic (exact) mass is 234 g/mol. The van der Waals surface area contributed by atoms with Crippen molar-refractivity contribution >= 4 is 11.6 Å². The minimum atomic E-state index is 0.534. The van der Waals surface area contributed by atoms with Crippen LogP contribution in [0.2, 0.25) is 0 Å². The van der Waals surface area contributed by atoms with Gasteiger partial charge in [-0.3, -0.25) is 0 Å². The van der Waals surface area contributed by atoms with E-state index < -0.39 is 0 Å². The van der Waals surface area contributed by atoms with Crippen molar-refractivity contribution in [1.82, 2.24) is 9.78 Å². The first-order valence-corrected chi connectivity index (χ1v) is 5.85. The molecule has 3 heteroatoms. The number of aromatic nitrogens is 2. The average molecular weight is 235 g/mol. The Balaban J connectivity index is 2.54. The maximum Gasteiger partial charge on any atom is 0.0652 e. The molecule has 0 aliphatic rings. The Morgan fingerprint density at radius 1 is 1.25 bits per heavy atom. The van der Waals surface area contributed by atoms with Crippen molar-refractivity contribution in [3.63, 3.8) is 0 Å². The molecule has 1 aromatic carbocycles. The fourth-order valence-corrected chi connectivity index (χ4v) is 1.91. The van der Waals surface area contributed by atoms with Gasteiger partial charge in [0.1, 0.15) is 0 Å². The lowest BCUT2D eigenvalue weighted by Gasteiger charge is -2.05. The summed E-state index contributed by atoms with van der Waals surface area (Å²) in [7, 11) is 0. The van der Waals surface area contributed by atoms with Crippen LogP contribution in [0.25, 0.3) is 5.69 Å². The first kappa shape index (κ1) is 11.2. The average Bonchev–Trinajstić information content (AvgIpc) is 2.57. The number of hydrogen-bond donors (Lipinski definition) is 0. The van der Waals surface area contributed by atoms with E-state index in [1.807, 2.05) is 23.7 Å². The topological polar surface area (TPSA) is 17.8 Å². The fraction of sp³-hybridized carbons (Fsp3) is 0.308. The van der Waals surface area contributed by atoms with Gasteiger partial charge in [0.15, 0.2) is 0 Å². The van der Waals surface area contributed by atoms with Crippen molar-refractivity contribution < 1.29 is 0 Å². The van der Waals surface area contributed by atoms with Gasteiger partial charge < -0.3 is 0 Å². The molecule has 2 aromatic rings. The third kappa shape index (κ3) is 1.85. The van der Waals surface area contributed by atoms with E-state index in [0.717, 1.165) is 16.9 Å². The van der Waals surface area contributed by atoms with Crippen molar-refractivity contribution in [2.45, 2.75) is 26.7 Å². The zero-order chi connectivity index (χ0) is 11.7. The molecule has 0 N–H and O–H groups in total. The van der Waals surface area contributed by atoms with E-state index in [-0.39, 0.29) is 0 Å². The number of aryl methyl sites for hydroxylation is 1. The van der Waals surface area contributed by atoms with Gasteiger partial charge in [0.25, 0.3) is 0 Å². The van der Waals surface area contributed by atoms with E-state index in [9.17, 15) is 0 Å². The molecular formula is C13H15ClN2. The number of alkyl halides is 1. The summed E-state index contributed by atoms with van der Waals surface area (Å²) in [5.74, 6) is 0.534. The lowest BCUT2D eigenvalue weighted by atomic mass is 10.2. The van der Waals surface area contributed by atoms with Crippen molar-refractivity contribution in [1.29, 1.82) is 0 Å². The van der Waals surface area contributed by atoms with E-state index in [1.54, 1.807) is 0 Å². The second-order valence-electron chi connectivity index (χ2n) is 4.01. The van der Waals surface area contributed by atoms with Gasteiger partial charge in [-0.05, 0) is 44.0 Å². The smallest absolute Gasteiger partial charge is 0.0652 e. The summed E-state index contributed by atoms with van der Waals surface area (Å²) < 4.78 is 1.97. The fourth-order valence-electron chi connectivity index (χ4n) is 1.74. The lowest BCUT2D eigenvalue weighted by Crippen LogP contribution is -1.99. The largest absolute Gasteiger partial charge is 0.238 e. The Hall–Kier alpha value is -1.28. The van der Waals surface area contributed by atoms with Crippen molar-refractivity contribution in [3.8, 4) is 5.69 Å². The SMILES string of the molecule is Cc1nn(-c2cccc(CCl)c2)c(C)c1C. The summed E-state index contributed by atoms with van der Waals surface area (Å²) in [6.45, 7) is 6.21. The van der Waals surface area contributed by atoms with Crippen molar-refractivity contribution in [3.05, 3.63) is 46.8 Å². The van der Waals surface area contributed by atoms with Crippen LogP contribution in [-0.2, 0) is 5.88 Å². The predicted molar refractivity (Wildman–Crippen MR) is 67.3 cm³/mol. The molecule has 0 spiro atoms. The molecule has 0 aliphatic heterocycles. The van der Waals surface area contributed by atoms with Crippen molar-refractivity contribution in [2.24, 2.45) is 0 Å². The summed E-state index contributed by atoms with van der Waals surface area (Å²) in [4.78, 5) is 0.